The third-order valence-electron chi connectivity index (χ3n) is 7.20. The van der Waals surface area contributed by atoms with Crippen molar-refractivity contribution >= 4 is 11.7 Å². The number of nitrogens with one attached hydrogen (secondary N) is 1. The molecule has 2 amide bonds. The van der Waals surface area contributed by atoms with E-state index >= 15 is 0 Å². The van der Waals surface area contributed by atoms with Crippen LogP contribution in [0.25, 0.3) is 0 Å². The Bertz CT molecular complexity index is 1010. The molecule has 0 saturated carbocycles. The first kappa shape index (κ1) is 24.6. The Morgan fingerprint density at radius 3 is 2.58 bits per heavy atom. The Morgan fingerprint density at radius 2 is 1.97 bits per heavy atom. The summed E-state index contributed by atoms with van der Waals surface area (Å²) in [7, 11) is 2.11. The Kier molecular flexibility index (Phi) is 7.65. The first-order valence-corrected chi connectivity index (χ1v) is 11.9. The predicted octanol–water partition coefficient (Wildman–Crippen LogP) is 5.12. The molecule has 1 aliphatic heterocycles. The second-order valence-electron chi connectivity index (χ2n) is 9.34. The number of anilines is 1. The van der Waals surface area contributed by atoms with Gasteiger partial charge in [-0.3, -0.25) is 0 Å². The lowest BCUT2D eigenvalue weighted by atomic mass is 9.66. The standard InChI is InChI=1S/C27H36N4O2/c1-6-15-31(26(33)29-22-11-8-20(18-28)9-12-22)25-19(3)30(5)16-14-27(25,4)24-17-23(32)13-10-21(24)7-2/h8-13,17,19,25,32H,6-7,14-16H2,1-5H3,(H,29,33)/t19?,25-,27+/m0/s1. The topological polar surface area (TPSA) is 79.6 Å². The summed E-state index contributed by atoms with van der Waals surface area (Å²) in [5.41, 5.74) is 3.26. The number of phenols is 1. The fourth-order valence-electron chi connectivity index (χ4n) is 5.27. The van der Waals surface area contributed by atoms with Gasteiger partial charge in [-0.25, -0.2) is 4.79 Å². The van der Waals surface area contributed by atoms with Crippen molar-refractivity contribution in [2.75, 3.05) is 25.5 Å². The molecule has 0 radical (unpaired) electrons. The molecule has 0 spiro atoms. The van der Waals surface area contributed by atoms with E-state index in [9.17, 15) is 9.90 Å². The normalized spacial score (nSPS) is 23.0. The van der Waals surface area contributed by atoms with Gasteiger partial charge >= 0.3 is 6.03 Å². The van der Waals surface area contributed by atoms with Crippen molar-refractivity contribution in [3.05, 3.63) is 59.2 Å². The van der Waals surface area contributed by atoms with Crippen LogP contribution in [0.3, 0.4) is 0 Å². The molecule has 0 aliphatic carbocycles. The zero-order valence-electron chi connectivity index (χ0n) is 20.4. The third kappa shape index (κ3) is 4.99. The number of carbonyl (C=O) groups is 1. The van der Waals surface area contributed by atoms with E-state index < -0.39 is 0 Å². The van der Waals surface area contributed by atoms with E-state index in [4.69, 9.17) is 5.26 Å². The number of piperidine rings is 1. The van der Waals surface area contributed by atoms with Gasteiger partial charge in [0.1, 0.15) is 5.75 Å². The molecule has 33 heavy (non-hydrogen) atoms. The summed E-state index contributed by atoms with van der Waals surface area (Å²) >= 11 is 0. The van der Waals surface area contributed by atoms with E-state index in [1.807, 2.05) is 17.0 Å². The zero-order chi connectivity index (χ0) is 24.2. The molecule has 0 aromatic heterocycles. The Balaban J connectivity index is 2.04. The lowest BCUT2D eigenvalue weighted by Crippen LogP contribution is -2.65. The number of urea groups is 1. The molecular formula is C27H36N4O2. The lowest BCUT2D eigenvalue weighted by Gasteiger charge is -2.54. The molecule has 176 valence electrons. The molecule has 2 aromatic carbocycles. The Hall–Kier alpha value is -3.04. The number of likely N-dealkylation sites (N-methyl/N-ethyl adjacent to an activating group) is 1. The number of carbonyl (C=O) groups excluding carboxylic acids is 1. The van der Waals surface area contributed by atoms with Crippen LogP contribution in [0.15, 0.2) is 42.5 Å². The van der Waals surface area contributed by atoms with Crippen molar-refractivity contribution in [2.45, 2.75) is 64.5 Å². The fourth-order valence-corrected chi connectivity index (χ4v) is 5.27. The van der Waals surface area contributed by atoms with Gasteiger partial charge in [0.2, 0.25) is 0 Å². The number of phenolic OH excluding ortho intramolecular Hbond substituents is 1. The van der Waals surface area contributed by atoms with E-state index in [-0.39, 0.29) is 29.3 Å². The fraction of sp³-hybridized carbons (Fsp3) is 0.481. The summed E-state index contributed by atoms with van der Waals surface area (Å²) in [4.78, 5) is 17.9. The van der Waals surface area contributed by atoms with Gasteiger partial charge in [-0.1, -0.05) is 26.8 Å². The highest BCUT2D eigenvalue weighted by atomic mass is 16.3. The molecule has 0 bridgehead atoms. The third-order valence-corrected chi connectivity index (χ3v) is 7.20. The van der Waals surface area contributed by atoms with Crippen molar-refractivity contribution in [3.63, 3.8) is 0 Å². The van der Waals surface area contributed by atoms with Crippen LogP contribution in [0.4, 0.5) is 10.5 Å². The summed E-state index contributed by atoms with van der Waals surface area (Å²) in [5.74, 6) is 0.262. The molecule has 2 N–H and O–H groups in total. The molecule has 3 rings (SSSR count). The molecule has 1 fully saturated rings. The van der Waals surface area contributed by atoms with Gasteiger partial charge in [-0.2, -0.15) is 5.26 Å². The number of benzene rings is 2. The molecule has 1 saturated heterocycles. The van der Waals surface area contributed by atoms with Gasteiger partial charge in [0.15, 0.2) is 0 Å². The zero-order valence-corrected chi connectivity index (χ0v) is 20.4. The summed E-state index contributed by atoms with van der Waals surface area (Å²) in [6.07, 6.45) is 2.59. The summed E-state index contributed by atoms with van der Waals surface area (Å²) in [5, 5.41) is 22.4. The molecule has 1 unspecified atom stereocenters. The number of aryl methyl sites for hydroxylation is 1. The van der Waals surface area contributed by atoms with E-state index in [0.29, 0.717) is 17.8 Å². The van der Waals surface area contributed by atoms with Gasteiger partial charge in [0.05, 0.1) is 17.7 Å². The smallest absolute Gasteiger partial charge is 0.322 e. The van der Waals surface area contributed by atoms with Crippen LogP contribution >= 0.6 is 0 Å². The van der Waals surface area contributed by atoms with Crippen LogP contribution in [0.1, 0.15) is 57.2 Å². The number of nitriles is 1. The van der Waals surface area contributed by atoms with Gasteiger partial charge in [0.25, 0.3) is 0 Å². The highest BCUT2D eigenvalue weighted by Gasteiger charge is 2.49. The van der Waals surface area contributed by atoms with Crippen LogP contribution in [0.5, 0.6) is 5.75 Å². The Morgan fingerprint density at radius 1 is 1.27 bits per heavy atom. The van der Waals surface area contributed by atoms with Crippen molar-refractivity contribution in [1.82, 2.24) is 9.80 Å². The van der Waals surface area contributed by atoms with E-state index in [2.05, 4.69) is 51.0 Å². The maximum absolute atomic E-state index is 13.6. The molecule has 6 nitrogen and oxygen atoms in total. The van der Waals surface area contributed by atoms with Crippen LogP contribution < -0.4 is 5.32 Å². The molecule has 1 heterocycles. The first-order chi connectivity index (χ1) is 15.7. The largest absolute Gasteiger partial charge is 0.508 e. The number of nitrogens with zero attached hydrogens (tertiary/aromatic N) is 3. The second-order valence-corrected chi connectivity index (χ2v) is 9.34. The predicted molar refractivity (Wildman–Crippen MR) is 133 cm³/mol. The van der Waals surface area contributed by atoms with Gasteiger partial charge < -0.3 is 20.2 Å². The highest BCUT2D eigenvalue weighted by Crippen LogP contribution is 2.43. The maximum Gasteiger partial charge on any atom is 0.322 e. The van der Waals surface area contributed by atoms with E-state index in [1.165, 1.54) is 5.56 Å². The van der Waals surface area contributed by atoms with Crippen molar-refractivity contribution in [3.8, 4) is 11.8 Å². The maximum atomic E-state index is 13.6. The average Bonchev–Trinajstić information content (AvgIpc) is 2.81. The number of hydrogen-bond acceptors (Lipinski definition) is 4. The molecule has 2 aromatic rings. The summed E-state index contributed by atoms with van der Waals surface area (Å²) < 4.78 is 0. The summed E-state index contributed by atoms with van der Waals surface area (Å²) in [6, 6.07) is 14.6. The minimum Gasteiger partial charge on any atom is -0.508 e. The van der Waals surface area contributed by atoms with Crippen molar-refractivity contribution in [2.24, 2.45) is 0 Å². The average molecular weight is 449 g/mol. The summed E-state index contributed by atoms with van der Waals surface area (Å²) in [6.45, 7) is 10.2. The number of amides is 2. The van der Waals surface area contributed by atoms with Crippen LogP contribution in [0.2, 0.25) is 0 Å². The highest BCUT2D eigenvalue weighted by molar-refractivity contribution is 5.89. The molecule has 1 aliphatic rings. The van der Waals surface area contributed by atoms with Gasteiger partial charge in [0, 0.05) is 23.7 Å². The van der Waals surface area contributed by atoms with Crippen LogP contribution in [0, 0.1) is 11.3 Å². The molecule has 6 heteroatoms. The van der Waals surface area contributed by atoms with Gasteiger partial charge in [-0.05, 0) is 87.3 Å². The lowest BCUT2D eigenvalue weighted by molar-refractivity contribution is 0.0290. The van der Waals surface area contributed by atoms with Gasteiger partial charge in [-0.15, -0.1) is 0 Å². The van der Waals surface area contributed by atoms with Crippen LogP contribution in [-0.2, 0) is 11.8 Å². The molecule has 3 atom stereocenters. The van der Waals surface area contributed by atoms with Crippen LogP contribution in [-0.4, -0.2) is 53.2 Å². The minimum atomic E-state index is -0.312. The number of hydrogen-bond donors (Lipinski definition) is 2. The monoisotopic (exact) mass is 448 g/mol. The second kappa shape index (κ2) is 10.3. The number of likely N-dealkylation sites (tertiary alicyclic amines) is 1. The minimum absolute atomic E-state index is 0.0818. The van der Waals surface area contributed by atoms with Crippen molar-refractivity contribution in [1.29, 1.82) is 5.26 Å². The Labute approximate surface area is 197 Å². The van der Waals surface area contributed by atoms with E-state index in [0.717, 1.165) is 31.4 Å². The van der Waals surface area contributed by atoms with Crippen molar-refractivity contribution < 1.29 is 9.90 Å². The quantitative estimate of drug-likeness (QED) is 0.643. The molecular weight excluding hydrogens is 412 g/mol. The SMILES string of the molecule is CCCN(C(=O)Nc1ccc(C#N)cc1)[C@H]1C(C)N(C)CC[C@]1(C)c1cc(O)ccc1CC. The van der Waals surface area contributed by atoms with E-state index in [1.54, 1.807) is 30.3 Å². The number of aromatic hydroxyl groups is 1. The number of rotatable bonds is 6. The first-order valence-electron chi connectivity index (χ1n) is 11.9.